The molecular formula is C18H14N4O3. The molecule has 0 atom stereocenters. The summed E-state index contributed by atoms with van der Waals surface area (Å²) in [4.78, 5) is 42.0. The number of rotatable bonds is 4. The molecule has 3 heterocycles. The lowest BCUT2D eigenvalue weighted by Crippen LogP contribution is -2.33. The molecule has 1 N–H and O–H groups in total. The van der Waals surface area contributed by atoms with Crippen molar-refractivity contribution in [3.8, 4) is 0 Å². The number of aromatic nitrogens is 2. The topological polar surface area (TPSA) is 83.8 Å². The summed E-state index contributed by atoms with van der Waals surface area (Å²) in [5, 5.41) is 2.70. The number of imidazole rings is 1. The van der Waals surface area contributed by atoms with Crippen molar-refractivity contribution in [2.45, 2.75) is 6.42 Å². The molecule has 7 heteroatoms. The number of carbonyl (C=O) groups is 3. The summed E-state index contributed by atoms with van der Waals surface area (Å²) in [6.07, 6.45) is 3.45. The standard InChI is InChI=1S/C18H14N4O3/c23-15(20-18-19-11-12-5-3-4-9-21(12)18)8-10-22-16(24)13-6-1-2-7-14(13)17(22)25/h1-7,9,11H,8,10H2,(H,19,20,23). The number of hydrogen-bond donors (Lipinski definition) is 1. The zero-order valence-corrected chi connectivity index (χ0v) is 13.2. The van der Waals surface area contributed by atoms with E-state index < -0.39 is 0 Å². The maximum absolute atomic E-state index is 12.3. The zero-order valence-electron chi connectivity index (χ0n) is 13.2. The average molecular weight is 334 g/mol. The van der Waals surface area contributed by atoms with Crippen molar-refractivity contribution < 1.29 is 14.4 Å². The fourth-order valence-corrected chi connectivity index (χ4v) is 2.88. The first-order chi connectivity index (χ1) is 12.1. The van der Waals surface area contributed by atoms with E-state index in [1.807, 2.05) is 18.2 Å². The van der Waals surface area contributed by atoms with Crippen molar-refractivity contribution in [3.05, 3.63) is 66.0 Å². The van der Waals surface area contributed by atoms with Crippen molar-refractivity contribution in [2.24, 2.45) is 0 Å². The van der Waals surface area contributed by atoms with Gasteiger partial charge in [0.1, 0.15) is 0 Å². The van der Waals surface area contributed by atoms with Gasteiger partial charge in [0.2, 0.25) is 11.9 Å². The second-order valence-electron chi connectivity index (χ2n) is 5.68. The number of nitrogens with one attached hydrogen (secondary N) is 1. The van der Waals surface area contributed by atoms with Gasteiger partial charge in [0.05, 0.1) is 22.8 Å². The largest absolute Gasteiger partial charge is 0.296 e. The van der Waals surface area contributed by atoms with Crippen LogP contribution in [0.25, 0.3) is 5.52 Å². The molecule has 2 aromatic heterocycles. The molecule has 1 aliphatic heterocycles. The highest BCUT2D eigenvalue weighted by Gasteiger charge is 2.34. The van der Waals surface area contributed by atoms with Gasteiger partial charge in [-0.3, -0.25) is 29.0 Å². The fourth-order valence-electron chi connectivity index (χ4n) is 2.88. The van der Waals surface area contributed by atoms with Crippen LogP contribution in [0.4, 0.5) is 5.95 Å². The van der Waals surface area contributed by atoms with Crippen LogP contribution in [0.5, 0.6) is 0 Å². The van der Waals surface area contributed by atoms with Crippen LogP contribution < -0.4 is 5.32 Å². The molecule has 0 saturated heterocycles. The maximum Gasteiger partial charge on any atom is 0.261 e. The smallest absolute Gasteiger partial charge is 0.261 e. The molecule has 7 nitrogen and oxygen atoms in total. The van der Waals surface area contributed by atoms with E-state index in [9.17, 15) is 14.4 Å². The van der Waals surface area contributed by atoms with Crippen molar-refractivity contribution in [1.82, 2.24) is 14.3 Å². The summed E-state index contributed by atoms with van der Waals surface area (Å²) in [6.45, 7) is 0.0293. The van der Waals surface area contributed by atoms with E-state index in [1.54, 1.807) is 41.1 Å². The summed E-state index contributed by atoms with van der Waals surface area (Å²) in [6, 6.07) is 12.3. The van der Waals surface area contributed by atoms with Crippen LogP contribution in [0.3, 0.4) is 0 Å². The average Bonchev–Trinajstić information content (AvgIpc) is 3.14. The highest BCUT2D eigenvalue weighted by atomic mass is 16.2. The Morgan fingerprint density at radius 3 is 2.40 bits per heavy atom. The number of anilines is 1. The van der Waals surface area contributed by atoms with Gasteiger partial charge < -0.3 is 0 Å². The monoisotopic (exact) mass is 334 g/mol. The third-order valence-electron chi connectivity index (χ3n) is 4.13. The Kier molecular flexibility index (Phi) is 3.53. The summed E-state index contributed by atoms with van der Waals surface area (Å²) >= 11 is 0. The van der Waals surface area contributed by atoms with Gasteiger partial charge >= 0.3 is 0 Å². The summed E-state index contributed by atoms with van der Waals surface area (Å²) in [5.41, 5.74) is 1.62. The van der Waals surface area contributed by atoms with Gasteiger partial charge in [-0.1, -0.05) is 18.2 Å². The van der Waals surface area contributed by atoms with Gasteiger partial charge in [0.15, 0.2) is 0 Å². The molecule has 1 aliphatic rings. The number of benzene rings is 1. The van der Waals surface area contributed by atoms with Gasteiger partial charge in [-0.15, -0.1) is 0 Å². The second kappa shape index (κ2) is 5.86. The molecule has 0 aliphatic carbocycles. The number of nitrogens with zero attached hydrogens (tertiary/aromatic N) is 3. The van der Waals surface area contributed by atoms with Crippen LogP contribution >= 0.6 is 0 Å². The minimum atomic E-state index is -0.361. The Balaban J connectivity index is 1.43. The normalized spacial score (nSPS) is 13.4. The molecular weight excluding hydrogens is 320 g/mol. The summed E-state index contributed by atoms with van der Waals surface area (Å²) in [5.74, 6) is -0.629. The SMILES string of the molecule is O=C(CCN1C(=O)c2ccccc2C1=O)Nc1ncc2ccccn12. The minimum Gasteiger partial charge on any atom is -0.296 e. The number of amides is 3. The van der Waals surface area contributed by atoms with Gasteiger partial charge in [-0.05, 0) is 24.3 Å². The van der Waals surface area contributed by atoms with E-state index in [1.165, 1.54) is 0 Å². The quantitative estimate of drug-likeness (QED) is 0.739. The van der Waals surface area contributed by atoms with Crippen LogP contribution in [-0.2, 0) is 4.79 Å². The Morgan fingerprint density at radius 2 is 1.68 bits per heavy atom. The molecule has 3 aromatic rings. The molecule has 0 bridgehead atoms. The lowest BCUT2D eigenvalue weighted by atomic mass is 10.1. The summed E-state index contributed by atoms with van der Waals surface area (Å²) in [7, 11) is 0. The second-order valence-corrected chi connectivity index (χ2v) is 5.68. The predicted molar refractivity (Wildman–Crippen MR) is 90.2 cm³/mol. The van der Waals surface area contributed by atoms with Crippen LogP contribution in [0.2, 0.25) is 0 Å². The van der Waals surface area contributed by atoms with Crippen LogP contribution in [0.15, 0.2) is 54.9 Å². The molecule has 0 spiro atoms. The first kappa shape index (κ1) is 15.1. The first-order valence-electron chi connectivity index (χ1n) is 7.82. The molecule has 0 unspecified atom stereocenters. The van der Waals surface area contributed by atoms with Crippen molar-refractivity contribution in [3.63, 3.8) is 0 Å². The molecule has 25 heavy (non-hydrogen) atoms. The molecule has 4 rings (SSSR count). The van der Waals surface area contributed by atoms with Crippen LogP contribution in [0.1, 0.15) is 27.1 Å². The highest BCUT2D eigenvalue weighted by Crippen LogP contribution is 2.22. The molecule has 0 saturated carbocycles. The Hall–Kier alpha value is -3.48. The van der Waals surface area contributed by atoms with Gasteiger partial charge in [-0.2, -0.15) is 0 Å². The van der Waals surface area contributed by atoms with E-state index in [-0.39, 0.29) is 30.7 Å². The van der Waals surface area contributed by atoms with Crippen LogP contribution in [0, 0.1) is 0 Å². The molecule has 1 aromatic carbocycles. The number of carbonyl (C=O) groups excluding carboxylic acids is 3. The molecule has 124 valence electrons. The van der Waals surface area contributed by atoms with E-state index in [4.69, 9.17) is 0 Å². The summed E-state index contributed by atoms with van der Waals surface area (Å²) < 4.78 is 1.75. The molecule has 0 radical (unpaired) electrons. The van der Waals surface area contributed by atoms with E-state index in [0.29, 0.717) is 17.1 Å². The highest BCUT2D eigenvalue weighted by molar-refractivity contribution is 6.21. The predicted octanol–water partition coefficient (Wildman–Crippen LogP) is 1.96. The first-order valence-corrected chi connectivity index (χ1v) is 7.82. The number of fused-ring (bicyclic) bond motifs is 2. The Bertz CT molecular complexity index is 973. The maximum atomic E-state index is 12.3. The lowest BCUT2D eigenvalue weighted by Gasteiger charge is -2.13. The molecule has 3 amide bonds. The van der Waals surface area contributed by atoms with E-state index in [2.05, 4.69) is 10.3 Å². The molecule has 0 fully saturated rings. The zero-order chi connectivity index (χ0) is 17.4. The third kappa shape index (κ3) is 2.55. The van der Waals surface area contributed by atoms with Gasteiger partial charge in [0.25, 0.3) is 11.8 Å². The minimum absolute atomic E-state index is 0.00716. The van der Waals surface area contributed by atoms with E-state index >= 15 is 0 Å². The van der Waals surface area contributed by atoms with Crippen molar-refractivity contribution in [1.29, 1.82) is 0 Å². The van der Waals surface area contributed by atoms with Crippen LogP contribution in [-0.4, -0.2) is 38.6 Å². The van der Waals surface area contributed by atoms with Crippen molar-refractivity contribution in [2.75, 3.05) is 11.9 Å². The van der Waals surface area contributed by atoms with Gasteiger partial charge in [-0.25, -0.2) is 4.98 Å². The Labute approximate surface area is 142 Å². The van der Waals surface area contributed by atoms with Gasteiger partial charge in [0, 0.05) is 19.2 Å². The number of pyridine rings is 1. The fraction of sp³-hybridized carbons (Fsp3) is 0.111. The third-order valence-corrected chi connectivity index (χ3v) is 4.13. The van der Waals surface area contributed by atoms with E-state index in [0.717, 1.165) is 10.4 Å². The lowest BCUT2D eigenvalue weighted by molar-refractivity contribution is -0.116. The Morgan fingerprint density at radius 1 is 1.00 bits per heavy atom. The number of hydrogen-bond acceptors (Lipinski definition) is 4. The van der Waals surface area contributed by atoms with Crippen molar-refractivity contribution >= 4 is 29.2 Å². The number of imide groups is 1.